The first-order valence-electron chi connectivity index (χ1n) is 7.90. The number of likely N-dealkylation sites (N-methyl/N-ethyl adjacent to an activating group) is 2. The van der Waals surface area contributed by atoms with Gasteiger partial charge in [-0.3, -0.25) is 4.90 Å². The number of nitrogens with two attached hydrogens (primary N) is 1. The number of hydrogen-bond acceptors (Lipinski definition) is 6. The SMILES string of the molecule is CCc1nc(NN)c(C)c(N(C)CC2CCCN2CC)n1. The predicted octanol–water partition coefficient (Wildman–Crippen LogP) is 1.55. The Morgan fingerprint density at radius 3 is 2.76 bits per heavy atom. The number of hydrogen-bond donors (Lipinski definition) is 2. The minimum Gasteiger partial charge on any atom is -0.358 e. The van der Waals surface area contributed by atoms with Gasteiger partial charge in [0.15, 0.2) is 0 Å². The van der Waals surface area contributed by atoms with E-state index in [0.29, 0.717) is 6.04 Å². The molecule has 1 unspecified atom stereocenters. The third kappa shape index (κ3) is 3.44. The Bertz CT molecular complexity index is 475. The highest BCUT2D eigenvalue weighted by molar-refractivity contribution is 5.58. The van der Waals surface area contributed by atoms with E-state index in [1.807, 2.05) is 6.92 Å². The lowest BCUT2D eigenvalue weighted by molar-refractivity contribution is 0.270. The van der Waals surface area contributed by atoms with Crippen LogP contribution in [0.3, 0.4) is 0 Å². The molecule has 6 heteroatoms. The van der Waals surface area contributed by atoms with E-state index in [4.69, 9.17) is 10.8 Å². The first-order valence-corrected chi connectivity index (χ1v) is 7.90. The fraction of sp³-hybridized carbons (Fsp3) is 0.733. The molecule has 1 aromatic rings. The largest absolute Gasteiger partial charge is 0.358 e. The quantitative estimate of drug-likeness (QED) is 0.612. The van der Waals surface area contributed by atoms with Gasteiger partial charge in [-0.25, -0.2) is 15.8 Å². The summed E-state index contributed by atoms with van der Waals surface area (Å²) in [4.78, 5) is 13.9. The molecular formula is C15H28N6. The molecule has 0 aliphatic carbocycles. The highest BCUT2D eigenvalue weighted by Gasteiger charge is 2.25. The number of nitrogens with zero attached hydrogens (tertiary/aromatic N) is 4. The molecule has 118 valence electrons. The smallest absolute Gasteiger partial charge is 0.148 e. The van der Waals surface area contributed by atoms with Crippen molar-refractivity contribution in [2.24, 2.45) is 5.84 Å². The lowest BCUT2D eigenvalue weighted by Crippen LogP contribution is -2.39. The summed E-state index contributed by atoms with van der Waals surface area (Å²) < 4.78 is 0. The van der Waals surface area contributed by atoms with Crippen molar-refractivity contribution >= 4 is 11.6 Å². The Hall–Kier alpha value is -1.40. The summed E-state index contributed by atoms with van der Waals surface area (Å²) in [7, 11) is 2.11. The third-order valence-corrected chi connectivity index (χ3v) is 4.37. The second-order valence-corrected chi connectivity index (χ2v) is 5.74. The maximum atomic E-state index is 5.58. The van der Waals surface area contributed by atoms with Crippen LogP contribution in [-0.2, 0) is 6.42 Å². The van der Waals surface area contributed by atoms with Gasteiger partial charge in [0.2, 0.25) is 0 Å². The molecule has 1 aliphatic rings. The molecule has 21 heavy (non-hydrogen) atoms. The number of nitrogen functional groups attached to an aromatic ring is 1. The Kier molecular flexibility index (Phi) is 5.36. The molecule has 0 amide bonds. The van der Waals surface area contributed by atoms with E-state index in [9.17, 15) is 0 Å². The number of aryl methyl sites for hydroxylation is 1. The normalized spacial score (nSPS) is 19.0. The van der Waals surface area contributed by atoms with Crippen LogP contribution in [0.4, 0.5) is 11.6 Å². The van der Waals surface area contributed by atoms with Gasteiger partial charge in [0.25, 0.3) is 0 Å². The van der Waals surface area contributed by atoms with Gasteiger partial charge in [-0.1, -0.05) is 13.8 Å². The standard InChI is InChI=1S/C15H28N6/c1-5-13-17-14(19-16)11(3)15(18-13)20(4)10-12-8-7-9-21(12)6-2/h12H,5-10,16H2,1-4H3,(H,17,18,19). The van der Waals surface area contributed by atoms with E-state index < -0.39 is 0 Å². The average molecular weight is 292 g/mol. The van der Waals surface area contributed by atoms with E-state index in [-0.39, 0.29) is 0 Å². The molecule has 1 atom stereocenters. The van der Waals surface area contributed by atoms with Crippen molar-refractivity contribution in [3.05, 3.63) is 11.4 Å². The van der Waals surface area contributed by atoms with Crippen LogP contribution in [0.5, 0.6) is 0 Å². The Morgan fingerprint density at radius 2 is 2.14 bits per heavy atom. The van der Waals surface area contributed by atoms with Crippen molar-refractivity contribution in [1.29, 1.82) is 0 Å². The van der Waals surface area contributed by atoms with Crippen molar-refractivity contribution in [1.82, 2.24) is 14.9 Å². The highest BCUT2D eigenvalue weighted by atomic mass is 15.3. The van der Waals surface area contributed by atoms with Crippen LogP contribution >= 0.6 is 0 Å². The summed E-state index contributed by atoms with van der Waals surface area (Å²) in [6.07, 6.45) is 3.37. The Morgan fingerprint density at radius 1 is 1.38 bits per heavy atom. The molecule has 1 saturated heterocycles. The lowest BCUT2D eigenvalue weighted by Gasteiger charge is -2.29. The molecule has 3 N–H and O–H groups in total. The first-order chi connectivity index (χ1) is 10.1. The van der Waals surface area contributed by atoms with Crippen LogP contribution in [0, 0.1) is 6.92 Å². The molecule has 0 aromatic carbocycles. The number of likely N-dealkylation sites (tertiary alicyclic amines) is 1. The molecule has 0 saturated carbocycles. The van der Waals surface area contributed by atoms with Gasteiger partial charge >= 0.3 is 0 Å². The topological polar surface area (TPSA) is 70.3 Å². The van der Waals surface area contributed by atoms with E-state index in [1.54, 1.807) is 0 Å². The van der Waals surface area contributed by atoms with Gasteiger partial charge in [-0.2, -0.15) is 0 Å². The highest BCUT2D eigenvalue weighted by Crippen LogP contribution is 2.25. The number of hydrazine groups is 1. The summed E-state index contributed by atoms with van der Waals surface area (Å²) in [5, 5.41) is 0. The van der Waals surface area contributed by atoms with Crippen LogP contribution in [0.15, 0.2) is 0 Å². The van der Waals surface area contributed by atoms with Gasteiger partial charge < -0.3 is 10.3 Å². The third-order valence-electron chi connectivity index (χ3n) is 4.37. The summed E-state index contributed by atoms with van der Waals surface area (Å²) >= 11 is 0. The summed E-state index contributed by atoms with van der Waals surface area (Å²) in [6.45, 7) is 9.65. The number of anilines is 2. The summed E-state index contributed by atoms with van der Waals surface area (Å²) in [5.41, 5.74) is 3.70. The minimum atomic E-state index is 0.619. The molecule has 0 radical (unpaired) electrons. The number of aromatic nitrogens is 2. The zero-order valence-electron chi connectivity index (χ0n) is 13.7. The number of rotatable bonds is 6. The van der Waals surface area contributed by atoms with Gasteiger partial charge in [0, 0.05) is 31.6 Å². The van der Waals surface area contributed by atoms with Crippen LogP contribution in [0.2, 0.25) is 0 Å². The fourth-order valence-corrected chi connectivity index (χ4v) is 3.14. The van der Waals surface area contributed by atoms with Crippen LogP contribution in [0.1, 0.15) is 38.1 Å². The lowest BCUT2D eigenvalue weighted by atomic mass is 10.2. The minimum absolute atomic E-state index is 0.619. The second kappa shape index (κ2) is 7.04. The van der Waals surface area contributed by atoms with Crippen molar-refractivity contribution in [3.8, 4) is 0 Å². The number of nitrogens with one attached hydrogen (secondary N) is 1. The van der Waals surface area contributed by atoms with Gasteiger partial charge in [0.05, 0.1) is 0 Å². The molecule has 1 aliphatic heterocycles. The van der Waals surface area contributed by atoms with E-state index >= 15 is 0 Å². The summed E-state index contributed by atoms with van der Waals surface area (Å²) in [6, 6.07) is 0.619. The van der Waals surface area contributed by atoms with Crippen molar-refractivity contribution < 1.29 is 0 Å². The molecular weight excluding hydrogens is 264 g/mol. The van der Waals surface area contributed by atoms with Crippen molar-refractivity contribution in [2.75, 3.05) is 37.0 Å². The predicted molar refractivity (Wildman–Crippen MR) is 87.5 cm³/mol. The zero-order chi connectivity index (χ0) is 15.4. The molecule has 2 heterocycles. The van der Waals surface area contributed by atoms with Gasteiger partial charge in [-0.15, -0.1) is 0 Å². The van der Waals surface area contributed by atoms with E-state index in [2.05, 4.69) is 41.1 Å². The Labute approximate surface area is 127 Å². The summed E-state index contributed by atoms with van der Waals surface area (Å²) in [5.74, 6) is 8.12. The zero-order valence-corrected chi connectivity index (χ0v) is 13.7. The van der Waals surface area contributed by atoms with Crippen molar-refractivity contribution in [3.63, 3.8) is 0 Å². The van der Waals surface area contributed by atoms with Crippen LogP contribution in [0.25, 0.3) is 0 Å². The first kappa shape index (κ1) is 16.0. The second-order valence-electron chi connectivity index (χ2n) is 5.74. The molecule has 1 aromatic heterocycles. The average Bonchev–Trinajstić information content (AvgIpc) is 2.94. The van der Waals surface area contributed by atoms with E-state index in [1.165, 1.54) is 19.4 Å². The molecule has 0 spiro atoms. The fourth-order valence-electron chi connectivity index (χ4n) is 3.14. The van der Waals surface area contributed by atoms with Gasteiger partial charge in [0.1, 0.15) is 17.5 Å². The molecule has 1 fully saturated rings. The van der Waals surface area contributed by atoms with E-state index in [0.717, 1.165) is 42.5 Å². The van der Waals surface area contributed by atoms with Crippen molar-refractivity contribution in [2.45, 2.75) is 46.1 Å². The van der Waals surface area contributed by atoms with Crippen LogP contribution in [-0.4, -0.2) is 47.6 Å². The van der Waals surface area contributed by atoms with Gasteiger partial charge in [-0.05, 0) is 32.9 Å². The molecule has 2 rings (SSSR count). The maximum absolute atomic E-state index is 5.58. The monoisotopic (exact) mass is 292 g/mol. The molecule has 6 nitrogen and oxygen atoms in total. The van der Waals surface area contributed by atoms with Crippen LogP contribution < -0.4 is 16.2 Å². The molecule has 0 bridgehead atoms. The maximum Gasteiger partial charge on any atom is 0.148 e. The Balaban J connectivity index is 2.20.